The zero-order valence-electron chi connectivity index (χ0n) is 20.2. The van der Waals surface area contributed by atoms with E-state index in [4.69, 9.17) is 4.74 Å². The smallest absolute Gasteiger partial charge is 0.246 e. The second-order valence-corrected chi connectivity index (χ2v) is 10.7. The van der Waals surface area contributed by atoms with Gasteiger partial charge in [-0.2, -0.15) is 4.31 Å². The molecule has 4 rings (SSSR count). The van der Waals surface area contributed by atoms with E-state index in [0.29, 0.717) is 38.5 Å². The van der Waals surface area contributed by atoms with Crippen LogP contribution in [0.3, 0.4) is 0 Å². The summed E-state index contributed by atoms with van der Waals surface area (Å²) < 4.78 is 34.3. The second-order valence-electron chi connectivity index (χ2n) is 8.78. The van der Waals surface area contributed by atoms with Crippen molar-refractivity contribution in [1.29, 1.82) is 0 Å². The van der Waals surface area contributed by atoms with E-state index in [1.165, 1.54) is 0 Å². The number of hydrogen-bond donors (Lipinski definition) is 0. The van der Waals surface area contributed by atoms with Crippen molar-refractivity contribution in [2.75, 3.05) is 37.7 Å². The fraction of sp³-hybridized carbons (Fsp3) is 0.385. The fourth-order valence-electron chi connectivity index (χ4n) is 4.15. The number of piperazine rings is 1. The molecule has 0 spiro atoms. The number of aromatic nitrogens is 2. The molecular formula is C26H32N4O3S. The topological polar surface area (TPSA) is 75.6 Å². The third-order valence-electron chi connectivity index (χ3n) is 6.19. The molecule has 34 heavy (non-hydrogen) atoms. The monoisotopic (exact) mass is 480 g/mol. The molecule has 2 heterocycles. The molecule has 0 unspecified atom stereocenters. The van der Waals surface area contributed by atoms with Crippen LogP contribution in [0.5, 0.6) is 5.75 Å². The van der Waals surface area contributed by atoms with Crippen LogP contribution >= 0.6 is 0 Å². The second kappa shape index (κ2) is 10.1. The van der Waals surface area contributed by atoms with Crippen LogP contribution in [0, 0.1) is 6.92 Å². The van der Waals surface area contributed by atoms with E-state index < -0.39 is 10.0 Å². The molecular weight excluding hydrogens is 448 g/mol. The zero-order valence-corrected chi connectivity index (χ0v) is 21.0. The summed E-state index contributed by atoms with van der Waals surface area (Å²) in [7, 11) is -3.68. The number of aryl methyl sites for hydroxylation is 1. The number of hydrogen-bond acceptors (Lipinski definition) is 6. The Balaban J connectivity index is 1.49. The van der Waals surface area contributed by atoms with Crippen molar-refractivity contribution in [3.8, 4) is 17.0 Å². The molecule has 1 aromatic heterocycles. The van der Waals surface area contributed by atoms with Gasteiger partial charge in [0, 0.05) is 31.7 Å². The standard InChI is InChI=1S/C26H32N4O3S/c1-5-33-24-12-10-21(19(2)3)18-25(24)34(31,32)30-16-14-29(15-17-30)26-13-11-23(27-28-26)22-9-7-6-8-20(22)4/h6-13,18-19H,5,14-17H2,1-4H3. The third-order valence-corrected chi connectivity index (χ3v) is 8.11. The molecule has 0 amide bonds. The van der Waals surface area contributed by atoms with Crippen molar-refractivity contribution in [2.24, 2.45) is 0 Å². The van der Waals surface area contributed by atoms with Gasteiger partial charge in [-0.05, 0) is 55.2 Å². The summed E-state index contributed by atoms with van der Waals surface area (Å²) in [5.41, 5.74) is 4.02. The lowest BCUT2D eigenvalue weighted by molar-refractivity contribution is 0.327. The Morgan fingerprint density at radius 3 is 2.32 bits per heavy atom. The highest BCUT2D eigenvalue weighted by Crippen LogP contribution is 2.31. The molecule has 0 bridgehead atoms. The van der Waals surface area contributed by atoms with Gasteiger partial charge in [0.05, 0.1) is 12.3 Å². The van der Waals surface area contributed by atoms with Gasteiger partial charge < -0.3 is 9.64 Å². The van der Waals surface area contributed by atoms with Crippen molar-refractivity contribution < 1.29 is 13.2 Å². The molecule has 7 nitrogen and oxygen atoms in total. The molecule has 1 aliphatic heterocycles. The highest BCUT2D eigenvalue weighted by Gasteiger charge is 2.32. The van der Waals surface area contributed by atoms with Crippen molar-refractivity contribution >= 4 is 15.8 Å². The van der Waals surface area contributed by atoms with Gasteiger partial charge in [0.2, 0.25) is 10.0 Å². The summed E-state index contributed by atoms with van der Waals surface area (Å²) in [5, 5.41) is 8.84. The number of benzene rings is 2. The van der Waals surface area contributed by atoms with Crippen molar-refractivity contribution in [3.63, 3.8) is 0 Å². The first kappa shape index (κ1) is 24.2. The molecule has 0 saturated carbocycles. The molecule has 0 N–H and O–H groups in total. The summed E-state index contributed by atoms with van der Waals surface area (Å²) in [6.45, 7) is 10.3. The first-order valence-corrected chi connectivity index (χ1v) is 13.2. The van der Waals surface area contributed by atoms with Crippen LogP contribution in [0.4, 0.5) is 5.82 Å². The molecule has 1 fully saturated rings. The van der Waals surface area contributed by atoms with Crippen LogP contribution in [0.2, 0.25) is 0 Å². The molecule has 0 atom stereocenters. The van der Waals surface area contributed by atoms with E-state index >= 15 is 0 Å². The SMILES string of the molecule is CCOc1ccc(C(C)C)cc1S(=O)(=O)N1CCN(c2ccc(-c3ccccc3C)nn2)CC1. The van der Waals surface area contributed by atoms with E-state index in [1.54, 1.807) is 16.4 Å². The Bertz CT molecular complexity index is 1240. The van der Waals surface area contributed by atoms with Gasteiger partial charge >= 0.3 is 0 Å². The van der Waals surface area contributed by atoms with Gasteiger partial charge in [-0.15, -0.1) is 10.2 Å². The van der Waals surface area contributed by atoms with E-state index in [2.05, 4.69) is 41.9 Å². The van der Waals surface area contributed by atoms with Gasteiger partial charge in [-0.3, -0.25) is 0 Å². The fourth-order valence-corrected chi connectivity index (χ4v) is 5.74. The minimum absolute atomic E-state index is 0.225. The number of rotatable bonds is 7. The first-order chi connectivity index (χ1) is 16.3. The molecule has 180 valence electrons. The number of nitrogens with zero attached hydrogens (tertiary/aromatic N) is 4. The molecule has 8 heteroatoms. The lowest BCUT2D eigenvalue weighted by Crippen LogP contribution is -2.49. The summed E-state index contributed by atoms with van der Waals surface area (Å²) in [5.74, 6) is 1.39. The summed E-state index contributed by atoms with van der Waals surface area (Å²) >= 11 is 0. The normalized spacial score (nSPS) is 15.0. The van der Waals surface area contributed by atoms with E-state index in [-0.39, 0.29) is 10.8 Å². The van der Waals surface area contributed by atoms with Gasteiger partial charge in [0.1, 0.15) is 10.6 Å². The summed E-state index contributed by atoms with van der Waals surface area (Å²) in [6.07, 6.45) is 0. The zero-order chi connectivity index (χ0) is 24.3. The number of sulfonamides is 1. The van der Waals surface area contributed by atoms with Gasteiger partial charge in [0.25, 0.3) is 0 Å². The van der Waals surface area contributed by atoms with Crippen LogP contribution in [0.1, 0.15) is 37.8 Å². The highest BCUT2D eigenvalue weighted by atomic mass is 32.2. The molecule has 0 radical (unpaired) electrons. The lowest BCUT2D eigenvalue weighted by atomic mass is 10.0. The molecule has 0 aliphatic carbocycles. The number of ether oxygens (including phenoxy) is 1. The Morgan fingerprint density at radius 2 is 1.71 bits per heavy atom. The highest BCUT2D eigenvalue weighted by molar-refractivity contribution is 7.89. The van der Waals surface area contributed by atoms with E-state index in [9.17, 15) is 8.42 Å². The van der Waals surface area contributed by atoms with E-state index in [0.717, 1.165) is 28.2 Å². The maximum atomic E-state index is 13.5. The molecule has 2 aromatic carbocycles. The van der Waals surface area contributed by atoms with Crippen LogP contribution in [-0.2, 0) is 10.0 Å². The third kappa shape index (κ3) is 4.93. The minimum atomic E-state index is -3.68. The van der Waals surface area contributed by atoms with Crippen molar-refractivity contribution in [2.45, 2.75) is 38.5 Å². The Kier molecular flexibility index (Phi) is 7.19. The Hall–Kier alpha value is -2.97. The van der Waals surface area contributed by atoms with Gasteiger partial charge in [-0.25, -0.2) is 8.42 Å². The predicted molar refractivity (Wildman–Crippen MR) is 135 cm³/mol. The van der Waals surface area contributed by atoms with Crippen LogP contribution in [0.15, 0.2) is 59.5 Å². The molecule has 1 saturated heterocycles. The first-order valence-electron chi connectivity index (χ1n) is 11.7. The predicted octanol–water partition coefficient (Wildman–Crippen LogP) is 4.49. The van der Waals surface area contributed by atoms with Crippen LogP contribution in [0.25, 0.3) is 11.3 Å². The molecule has 3 aromatic rings. The van der Waals surface area contributed by atoms with Crippen LogP contribution < -0.4 is 9.64 Å². The minimum Gasteiger partial charge on any atom is -0.492 e. The average molecular weight is 481 g/mol. The van der Waals surface area contributed by atoms with Crippen molar-refractivity contribution in [1.82, 2.24) is 14.5 Å². The van der Waals surface area contributed by atoms with Gasteiger partial charge in [0.15, 0.2) is 5.82 Å². The summed E-state index contributed by atoms with van der Waals surface area (Å²) in [6, 6.07) is 17.5. The van der Waals surface area contributed by atoms with Crippen molar-refractivity contribution in [3.05, 3.63) is 65.7 Å². The Morgan fingerprint density at radius 1 is 0.971 bits per heavy atom. The largest absolute Gasteiger partial charge is 0.492 e. The van der Waals surface area contributed by atoms with E-state index in [1.807, 2.05) is 43.3 Å². The maximum absolute atomic E-state index is 13.5. The molecule has 1 aliphatic rings. The Labute approximate surface area is 202 Å². The van der Waals surface area contributed by atoms with Crippen LogP contribution in [-0.4, -0.2) is 55.7 Å². The lowest BCUT2D eigenvalue weighted by Gasteiger charge is -2.34. The van der Waals surface area contributed by atoms with Gasteiger partial charge in [-0.1, -0.05) is 44.2 Å². The summed E-state index contributed by atoms with van der Waals surface area (Å²) in [4.78, 5) is 2.32. The average Bonchev–Trinajstić information content (AvgIpc) is 2.85. The number of anilines is 1. The quantitative estimate of drug-likeness (QED) is 0.496. The maximum Gasteiger partial charge on any atom is 0.246 e.